The predicted octanol–water partition coefficient (Wildman–Crippen LogP) is 4.63. The van der Waals surface area contributed by atoms with Crippen LogP contribution in [0.2, 0.25) is 0 Å². The number of hydrogen-bond donors (Lipinski definition) is 1. The Hall–Kier alpha value is -2.67. The van der Waals surface area contributed by atoms with E-state index in [0.717, 1.165) is 49.1 Å². The van der Waals surface area contributed by atoms with E-state index < -0.39 is 0 Å². The Kier molecular flexibility index (Phi) is 6.46. The van der Waals surface area contributed by atoms with Crippen molar-refractivity contribution < 1.29 is 4.92 Å². The van der Waals surface area contributed by atoms with E-state index in [1.165, 1.54) is 5.56 Å². The van der Waals surface area contributed by atoms with Gasteiger partial charge in [0.1, 0.15) is 0 Å². The summed E-state index contributed by atoms with van der Waals surface area (Å²) >= 11 is 5.59. The lowest BCUT2D eigenvalue weighted by molar-refractivity contribution is -0.384. The van der Waals surface area contributed by atoms with Gasteiger partial charge in [-0.3, -0.25) is 10.1 Å². The minimum atomic E-state index is -0.374. The van der Waals surface area contributed by atoms with E-state index in [-0.39, 0.29) is 10.6 Å². The first-order valence-electron chi connectivity index (χ1n) is 9.63. The van der Waals surface area contributed by atoms with Gasteiger partial charge in [0.2, 0.25) is 0 Å². The van der Waals surface area contributed by atoms with Crippen molar-refractivity contribution in [2.45, 2.75) is 26.2 Å². The number of nitro groups is 1. The average Bonchev–Trinajstić information content (AvgIpc) is 2.74. The van der Waals surface area contributed by atoms with Crippen LogP contribution in [-0.4, -0.2) is 41.1 Å². The number of nitrogens with one attached hydrogen (secondary N) is 1. The van der Waals surface area contributed by atoms with Crippen LogP contribution >= 0.6 is 12.2 Å². The van der Waals surface area contributed by atoms with Crippen molar-refractivity contribution in [3.63, 3.8) is 0 Å². The molecule has 0 spiro atoms. The third kappa shape index (κ3) is 4.78. The molecule has 1 heterocycles. The van der Waals surface area contributed by atoms with Crippen molar-refractivity contribution in [1.29, 1.82) is 0 Å². The Morgan fingerprint density at radius 3 is 2.25 bits per heavy atom. The summed E-state index contributed by atoms with van der Waals surface area (Å²) in [6, 6.07) is 15.2. The quantitative estimate of drug-likeness (QED) is 0.450. The van der Waals surface area contributed by atoms with Crippen molar-refractivity contribution in [1.82, 2.24) is 4.90 Å². The summed E-state index contributed by atoms with van der Waals surface area (Å²) in [5, 5.41) is 14.9. The Morgan fingerprint density at radius 1 is 1.11 bits per heavy atom. The van der Waals surface area contributed by atoms with Crippen molar-refractivity contribution in [2.75, 3.05) is 36.4 Å². The highest BCUT2D eigenvalue weighted by Crippen LogP contribution is 2.22. The molecule has 0 saturated carbocycles. The van der Waals surface area contributed by atoms with E-state index >= 15 is 0 Å². The van der Waals surface area contributed by atoms with E-state index in [0.29, 0.717) is 5.92 Å². The van der Waals surface area contributed by atoms with Crippen LogP contribution in [0.15, 0.2) is 48.5 Å². The maximum absolute atomic E-state index is 10.8. The van der Waals surface area contributed by atoms with Gasteiger partial charge in [0.05, 0.1) is 4.92 Å². The summed E-state index contributed by atoms with van der Waals surface area (Å²) in [6.45, 7) is 7.71. The maximum atomic E-state index is 10.8. The van der Waals surface area contributed by atoms with E-state index in [1.807, 2.05) is 12.1 Å². The molecule has 1 aliphatic rings. The highest BCUT2D eigenvalue weighted by Gasteiger charge is 2.20. The number of nitro benzene ring substituents is 1. The fourth-order valence-electron chi connectivity index (χ4n) is 3.29. The molecule has 28 heavy (non-hydrogen) atoms. The van der Waals surface area contributed by atoms with Gasteiger partial charge >= 0.3 is 0 Å². The zero-order chi connectivity index (χ0) is 20.1. The molecule has 1 aliphatic heterocycles. The minimum Gasteiger partial charge on any atom is -0.368 e. The first-order valence-corrected chi connectivity index (χ1v) is 10.0. The largest absolute Gasteiger partial charge is 0.368 e. The topological polar surface area (TPSA) is 61.6 Å². The van der Waals surface area contributed by atoms with Gasteiger partial charge in [-0.1, -0.05) is 26.0 Å². The van der Waals surface area contributed by atoms with Crippen LogP contribution in [0.5, 0.6) is 0 Å². The summed E-state index contributed by atoms with van der Waals surface area (Å²) in [5.74, 6) is 0.563. The molecular formula is C21H26N4O2S. The van der Waals surface area contributed by atoms with Gasteiger partial charge in [-0.05, 0) is 54.4 Å². The molecule has 1 N–H and O–H groups in total. The molecule has 0 bridgehead atoms. The van der Waals surface area contributed by atoms with Crippen LogP contribution in [0.25, 0.3) is 0 Å². The molecule has 1 fully saturated rings. The number of hydrogen-bond acceptors (Lipinski definition) is 4. The van der Waals surface area contributed by atoms with Gasteiger partial charge in [-0.15, -0.1) is 0 Å². The van der Waals surface area contributed by atoms with Crippen molar-refractivity contribution in [3.05, 3.63) is 64.2 Å². The van der Waals surface area contributed by atoms with Crippen molar-refractivity contribution in [2.24, 2.45) is 0 Å². The molecule has 0 aliphatic carbocycles. The van der Waals surface area contributed by atoms with Crippen LogP contribution in [0.1, 0.15) is 31.7 Å². The predicted molar refractivity (Wildman–Crippen MR) is 118 cm³/mol. The van der Waals surface area contributed by atoms with E-state index in [1.54, 1.807) is 12.1 Å². The molecule has 7 heteroatoms. The number of piperazine rings is 1. The molecule has 6 nitrogen and oxygen atoms in total. The fourth-order valence-corrected chi connectivity index (χ4v) is 3.59. The Morgan fingerprint density at radius 2 is 1.71 bits per heavy atom. The summed E-state index contributed by atoms with van der Waals surface area (Å²) in [5.41, 5.74) is 3.47. The van der Waals surface area contributed by atoms with E-state index in [4.69, 9.17) is 12.2 Å². The molecule has 148 valence electrons. The number of anilines is 2. The third-order valence-corrected chi connectivity index (χ3v) is 5.70. The lowest BCUT2D eigenvalue weighted by Gasteiger charge is -2.37. The second-order valence-electron chi connectivity index (χ2n) is 7.11. The summed E-state index contributed by atoms with van der Waals surface area (Å²) in [6.07, 6.45) is 1.13. The van der Waals surface area contributed by atoms with Gasteiger partial charge in [0, 0.05) is 49.7 Å². The molecule has 0 unspecified atom stereocenters. The summed E-state index contributed by atoms with van der Waals surface area (Å²) in [7, 11) is 0. The molecule has 3 rings (SSSR count). The highest BCUT2D eigenvalue weighted by atomic mass is 32.1. The zero-order valence-corrected chi connectivity index (χ0v) is 17.1. The Balaban J connectivity index is 1.52. The summed E-state index contributed by atoms with van der Waals surface area (Å²) < 4.78 is 0. The van der Waals surface area contributed by atoms with E-state index in [9.17, 15) is 10.1 Å². The standard InChI is InChI=1S/C21H26N4O2S/c1-3-16(2)17-4-6-18(7-5-17)22-21(28)24-14-12-23(13-15-24)19-8-10-20(11-9-19)25(26)27/h4-11,16H,3,12-15H2,1-2H3,(H,22,28)/t16-/m0/s1. The highest BCUT2D eigenvalue weighted by molar-refractivity contribution is 7.80. The monoisotopic (exact) mass is 398 g/mol. The summed E-state index contributed by atoms with van der Waals surface area (Å²) in [4.78, 5) is 14.8. The average molecular weight is 399 g/mol. The number of thiocarbonyl (C=S) groups is 1. The van der Waals surface area contributed by atoms with Crippen LogP contribution in [-0.2, 0) is 0 Å². The minimum absolute atomic E-state index is 0.118. The van der Waals surface area contributed by atoms with Crippen LogP contribution < -0.4 is 10.2 Å². The normalized spacial score (nSPS) is 15.2. The number of nitrogens with zero attached hydrogens (tertiary/aromatic N) is 3. The fraction of sp³-hybridized carbons (Fsp3) is 0.381. The van der Waals surface area contributed by atoms with Crippen LogP contribution in [0.3, 0.4) is 0 Å². The lowest BCUT2D eigenvalue weighted by atomic mass is 9.99. The van der Waals surface area contributed by atoms with Crippen LogP contribution in [0, 0.1) is 10.1 Å². The third-order valence-electron chi connectivity index (χ3n) is 5.34. The second-order valence-corrected chi connectivity index (χ2v) is 7.50. The molecule has 1 saturated heterocycles. The smallest absolute Gasteiger partial charge is 0.269 e. The molecule has 0 amide bonds. The van der Waals surface area contributed by atoms with Gasteiger partial charge in [-0.2, -0.15) is 0 Å². The molecule has 0 aromatic heterocycles. The van der Waals surface area contributed by atoms with Crippen molar-refractivity contribution >= 4 is 34.4 Å². The first kappa shape index (κ1) is 20.1. The molecule has 2 aromatic rings. The molecule has 2 aromatic carbocycles. The lowest BCUT2D eigenvalue weighted by Crippen LogP contribution is -2.50. The Labute approximate surface area is 171 Å². The Bertz CT molecular complexity index is 815. The molecule has 0 radical (unpaired) electrons. The molecule has 1 atom stereocenters. The van der Waals surface area contributed by atoms with Gasteiger partial charge < -0.3 is 15.1 Å². The number of non-ortho nitro benzene ring substituents is 1. The number of rotatable bonds is 5. The molecular weight excluding hydrogens is 372 g/mol. The second kappa shape index (κ2) is 9.01. The van der Waals surface area contributed by atoms with Crippen molar-refractivity contribution in [3.8, 4) is 0 Å². The number of benzene rings is 2. The first-order chi connectivity index (χ1) is 13.5. The van der Waals surface area contributed by atoms with E-state index in [2.05, 4.69) is 53.2 Å². The van der Waals surface area contributed by atoms with Gasteiger partial charge in [0.25, 0.3) is 5.69 Å². The SMILES string of the molecule is CC[C@H](C)c1ccc(NC(=S)N2CCN(c3ccc([N+](=O)[O-])cc3)CC2)cc1. The van der Waals surface area contributed by atoms with Crippen LogP contribution in [0.4, 0.5) is 17.1 Å². The maximum Gasteiger partial charge on any atom is 0.269 e. The zero-order valence-electron chi connectivity index (χ0n) is 16.3. The van der Waals surface area contributed by atoms with Gasteiger partial charge in [-0.25, -0.2) is 0 Å². The van der Waals surface area contributed by atoms with Gasteiger partial charge in [0.15, 0.2) is 5.11 Å².